The van der Waals surface area contributed by atoms with E-state index in [9.17, 15) is 0 Å². The van der Waals surface area contributed by atoms with E-state index in [1.807, 2.05) is 0 Å². The Morgan fingerprint density at radius 1 is 0.333 bits per heavy atom. The molecule has 0 bridgehead atoms. The SMILES string of the molecule is CCCCCCCCCCCCCCCCCCOCC(CC)(CI)COCCCCCCCCCCCCCCCCCC. The Bertz CT molecular complexity index is 479. The Morgan fingerprint density at radius 3 is 0.756 bits per heavy atom. The molecule has 2 nitrogen and oxygen atoms in total. The number of hydrogen-bond acceptors (Lipinski definition) is 2. The lowest BCUT2D eigenvalue weighted by Crippen LogP contribution is -2.34. The van der Waals surface area contributed by atoms with Crippen LogP contribution in [0.25, 0.3) is 0 Å². The van der Waals surface area contributed by atoms with Gasteiger partial charge in [0.15, 0.2) is 0 Å². The zero-order valence-corrected chi connectivity index (χ0v) is 33.7. The van der Waals surface area contributed by atoms with Crippen LogP contribution in [0.3, 0.4) is 0 Å². The smallest absolute Gasteiger partial charge is 0.0551 e. The van der Waals surface area contributed by atoms with E-state index in [1.54, 1.807) is 0 Å². The average Bonchev–Trinajstić information content (AvgIpc) is 3.06. The first-order valence-electron chi connectivity index (χ1n) is 21.0. The lowest BCUT2D eigenvalue weighted by atomic mass is 9.90. The van der Waals surface area contributed by atoms with Crippen LogP contribution in [0.5, 0.6) is 0 Å². The molecule has 0 aliphatic heterocycles. The van der Waals surface area contributed by atoms with Gasteiger partial charge in [-0.2, -0.15) is 0 Å². The summed E-state index contributed by atoms with van der Waals surface area (Å²) in [5, 5.41) is 0. The monoisotopic (exact) mass is 749 g/mol. The fourth-order valence-electron chi connectivity index (χ4n) is 6.50. The second-order valence-corrected chi connectivity index (χ2v) is 15.5. The van der Waals surface area contributed by atoms with Crippen LogP contribution >= 0.6 is 22.6 Å². The second-order valence-electron chi connectivity index (χ2n) is 14.7. The number of unbranched alkanes of at least 4 members (excludes halogenated alkanes) is 30. The maximum atomic E-state index is 6.20. The van der Waals surface area contributed by atoms with Crippen LogP contribution in [0.4, 0.5) is 0 Å². The van der Waals surface area contributed by atoms with E-state index in [2.05, 4.69) is 43.4 Å². The Hall–Kier alpha value is 0.650. The first-order valence-corrected chi connectivity index (χ1v) is 22.5. The summed E-state index contributed by atoms with van der Waals surface area (Å²) in [5.41, 5.74) is 0.199. The fourth-order valence-corrected chi connectivity index (χ4v) is 7.48. The van der Waals surface area contributed by atoms with Crippen LogP contribution in [-0.4, -0.2) is 30.9 Å². The van der Waals surface area contributed by atoms with Crippen molar-refractivity contribution in [3.05, 3.63) is 0 Å². The number of halogens is 1. The van der Waals surface area contributed by atoms with E-state index in [-0.39, 0.29) is 5.41 Å². The van der Waals surface area contributed by atoms with Crippen LogP contribution in [0.2, 0.25) is 0 Å². The molecule has 0 atom stereocenters. The average molecular weight is 749 g/mol. The summed E-state index contributed by atoms with van der Waals surface area (Å²) < 4.78 is 13.5. The van der Waals surface area contributed by atoms with Gasteiger partial charge in [-0.05, 0) is 19.3 Å². The predicted octanol–water partition coefficient (Wildman–Crippen LogP) is 15.4. The van der Waals surface area contributed by atoms with Crippen LogP contribution in [0, 0.1) is 5.41 Å². The highest BCUT2D eigenvalue weighted by Crippen LogP contribution is 2.26. The molecule has 0 heterocycles. The third-order valence-electron chi connectivity index (χ3n) is 10.1. The molecular formula is C42H85IO2. The van der Waals surface area contributed by atoms with Crippen LogP contribution in [-0.2, 0) is 9.47 Å². The van der Waals surface area contributed by atoms with Crippen molar-refractivity contribution in [1.29, 1.82) is 0 Å². The molecule has 0 fully saturated rings. The van der Waals surface area contributed by atoms with Gasteiger partial charge < -0.3 is 9.47 Å². The van der Waals surface area contributed by atoms with Gasteiger partial charge in [-0.3, -0.25) is 0 Å². The molecule has 0 spiro atoms. The molecule has 0 rings (SSSR count). The molecule has 0 N–H and O–H groups in total. The Balaban J connectivity index is 3.47. The fraction of sp³-hybridized carbons (Fsp3) is 1.00. The van der Waals surface area contributed by atoms with Gasteiger partial charge in [-0.15, -0.1) is 0 Å². The maximum absolute atomic E-state index is 6.20. The first-order chi connectivity index (χ1) is 22.2. The van der Waals surface area contributed by atoms with Gasteiger partial charge >= 0.3 is 0 Å². The van der Waals surface area contributed by atoms with Gasteiger partial charge in [0.25, 0.3) is 0 Å². The van der Waals surface area contributed by atoms with E-state index in [0.29, 0.717) is 0 Å². The molecule has 3 heteroatoms. The van der Waals surface area contributed by atoms with Crippen molar-refractivity contribution in [3.63, 3.8) is 0 Å². The second kappa shape index (κ2) is 39.1. The zero-order valence-electron chi connectivity index (χ0n) is 31.6. The van der Waals surface area contributed by atoms with Crippen LogP contribution in [0.15, 0.2) is 0 Å². The molecule has 0 aliphatic rings. The molecule has 0 aromatic rings. The highest BCUT2D eigenvalue weighted by molar-refractivity contribution is 14.1. The predicted molar refractivity (Wildman–Crippen MR) is 212 cm³/mol. The van der Waals surface area contributed by atoms with Gasteiger partial charge in [0.1, 0.15) is 0 Å². The maximum Gasteiger partial charge on any atom is 0.0551 e. The molecule has 0 unspecified atom stereocenters. The van der Waals surface area contributed by atoms with E-state index in [4.69, 9.17) is 9.47 Å². The summed E-state index contributed by atoms with van der Waals surface area (Å²) in [6.45, 7) is 10.5. The molecule has 45 heavy (non-hydrogen) atoms. The normalized spacial score (nSPS) is 12.0. The minimum Gasteiger partial charge on any atom is -0.381 e. The summed E-state index contributed by atoms with van der Waals surface area (Å²) in [4.78, 5) is 0. The number of ether oxygens (including phenoxy) is 2. The minimum atomic E-state index is 0.199. The number of alkyl halides is 1. The number of hydrogen-bond donors (Lipinski definition) is 0. The zero-order chi connectivity index (χ0) is 32.8. The largest absolute Gasteiger partial charge is 0.381 e. The van der Waals surface area contributed by atoms with Gasteiger partial charge in [-0.25, -0.2) is 0 Å². The van der Waals surface area contributed by atoms with Crippen molar-refractivity contribution in [3.8, 4) is 0 Å². The van der Waals surface area contributed by atoms with Crippen molar-refractivity contribution < 1.29 is 9.47 Å². The summed E-state index contributed by atoms with van der Waals surface area (Å²) >= 11 is 2.55. The summed E-state index contributed by atoms with van der Waals surface area (Å²) in [6.07, 6.45) is 46.6. The first kappa shape index (κ1) is 45.6. The third kappa shape index (κ3) is 34.3. The summed E-state index contributed by atoms with van der Waals surface area (Å²) in [6, 6.07) is 0. The lowest BCUT2D eigenvalue weighted by Gasteiger charge is -2.30. The molecule has 0 saturated carbocycles. The highest BCUT2D eigenvalue weighted by Gasteiger charge is 2.27. The van der Waals surface area contributed by atoms with Gasteiger partial charge in [0.2, 0.25) is 0 Å². The molecule has 272 valence electrons. The minimum absolute atomic E-state index is 0.199. The topological polar surface area (TPSA) is 18.5 Å². The van der Waals surface area contributed by atoms with Crippen LogP contribution < -0.4 is 0 Å². The summed E-state index contributed by atoms with van der Waals surface area (Å²) in [7, 11) is 0. The van der Waals surface area contributed by atoms with Gasteiger partial charge in [0, 0.05) is 23.1 Å². The van der Waals surface area contributed by atoms with E-state index in [0.717, 1.165) is 37.3 Å². The lowest BCUT2D eigenvalue weighted by molar-refractivity contribution is -0.0125. The van der Waals surface area contributed by atoms with Crippen molar-refractivity contribution in [2.45, 2.75) is 233 Å². The molecule has 0 aromatic carbocycles. The molecule has 0 aromatic heterocycles. The Labute approximate surface area is 299 Å². The van der Waals surface area contributed by atoms with Crippen molar-refractivity contribution >= 4 is 22.6 Å². The van der Waals surface area contributed by atoms with Gasteiger partial charge in [-0.1, -0.05) is 236 Å². The van der Waals surface area contributed by atoms with Crippen molar-refractivity contribution in [1.82, 2.24) is 0 Å². The highest BCUT2D eigenvalue weighted by atomic mass is 127. The van der Waals surface area contributed by atoms with E-state index in [1.165, 1.54) is 205 Å². The number of rotatable bonds is 40. The molecule has 0 radical (unpaired) electrons. The standard InChI is InChI=1S/C42H85IO2/c1-4-7-9-11-13-15-17-19-21-23-25-27-29-31-33-35-37-44-40-42(6-3,39-43)41-45-38-36-34-32-30-28-26-24-22-20-18-16-14-12-10-8-5-2/h4-41H2,1-3H3. The third-order valence-corrected chi connectivity index (χ3v) is 11.8. The van der Waals surface area contributed by atoms with Gasteiger partial charge in [0.05, 0.1) is 13.2 Å². The molecule has 0 amide bonds. The van der Waals surface area contributed by atoms with E-state index >= 15 is 0 Å². The van der Waals surface area contributed by atoms with E-state index < -0.39 is 0 Å². The summed E-state index contributed by atoms with van der Waals surface area (Å²) in [5.74, 6) is 0. The van der Waals surface area contributed by atoms with Crippen molar-refractivity contribution in [2.75, 3.05) is 30.9 Å². The Kier molecular flexibility index (Phi) is 39.7. The molecule has 0 saturated heterocycles. The van der Waals surface area contributed by atoms with Crippen LogP contribution in [0.1, 0.15) is 233 Å². The van der Waals surface area contributed by atoms with Crippen molar-refractivity contribution in [2.24, 2.45) is 5.41 Å². The molecule has 0 aliphatic carbocycles. The Morgan fingerprint density at radius 2 is 0.556 bits per heavy atom. The molecular weight excluding hydrogens is 663 g/mol. The quantitative estimate of drug-likeness (QED) is 0.0353.